The van der Waals surface area contributed by atoms with Crippen LogP contribution in [0, 0.1) is 0 Å². The predicted octanol–water partition coefficient (Wildman–Crippen LogP) is 0.489. The maximum Gasteiger partial charge on any atom is 0.246 e. The van der Waals surface area contributed by atoms with Gasteiger partial charge in [-0.1, -0.05) is 0 Å². The summed E-state index contributed by atoms with van der Waals surface area (Å²) in [5.41, 5.74) is 1.05. The summed E-state index contributed by atoms with van der Waals surface area (Å²) in [6.07, 6.45) is 3.66. The van der Waals surface area contributed by atoms with Crippen molar-refractivity contribution in [2.24, 2.45) is 0 Å². The largest absolute Gasteiger partial charge is 0.299 e. The summed E-state index contributed by atoms with van der Waals surface area (Å²) in [4.78, 5) is 28.2. The van der Waals surface area contributed by atoms with Crippen molar-refractivity contribution in [3.63, 3.8) is 0 Å². The van der Waals surface area contributed by atoms with Gasteiger partial charge in [-0.25, -0.2) is 0 Å². The molecule has 2 atom stereocenters. The number of amides is 2. The van der Waals surface area contributed by atoms with Crippen molar-refractivity contribution < 1.29 is 9.59 Å². The maximum absolute atomic E-state index is 11.7. The van der Waals surface area contributed by atoms with Crippen molar-refractivity contribution >= 4 is 11.8 Å². The first-order valence-electron chi connectivity index (χ1n) is 5.56. The Morgan fingerprint density at radius 2 is 2.06 bits per heavy atom. The molecule has 2 rings (SSSR count). The van der Waals surface area contributed by atoms with E-state index in [-0.39, 0.29) is 24.3 Å². The Bertz CT molecular complexity index is 433. The molecule has 5 nitrogen and oxygen atoms in total. The van der Waals surface area contributed by atoms with Crippen molar-refractivity contribution in [1.82, 2.24) is 15.2 Å². The lowest BCUT2D eigenvalue weighted by atomic mass is 10.1. The average molecular weight is 233 g/mol. The molecule has 0 radical (unpaired) electrons. The van der Waals surface area contributed by atoms with Gasteiger partial charge in [-0.15, -0.1) is 0 Å². The van der Waals surface area contributed by atoms with E-state index in [1.54, 1.807) is 12.4 Å². The number of likely N-dealkylation sites (N-methyl/N-ethyl adjacent to an activating group) is 1. The molecule has 17 heavy (non-hydrogen) atoms. The fourth-order valence-electron chi connectivity index (χ4n) is 1.94. The minimum absolute atomic E-state index is 0.0197. The Labute approximate surface area is 99.8 Å². The average Bonchev–Trinajstić information content (AvgIpc) is 2.58. The number of carbonyl (C=O) groups excluding carboxylic acids is 2. The van der Waals surface area contributed by atoms with Gasteiger partial charge in [-0.05, 0) is 24.6 Å². The van der Waals surface area contributed by atoms with Gasteiger partial charge in [-0.2, -0.15) is 0 Å². The number of aromatic nitrogens is 1. The van der Waals surface area contributed by atoms with Crippen LogP contribution in [-0.4, -0.2) is 34.8 Å². The van der Waals surface area contributed by atoms with Crippen LogP contribution in [0.4, 0.5) is 0 Å². The molecule has 0 saturated carbocycles. The Balaban J connectivity index is 2.03. The monoisotopic (exact) mass is 233 g/mol. The zero-order chi connectivity index (χ0) is 12.4. The highest BCUT2D eigenvalue weighted by Crippen LogP contribution is 2.17. The summed E-state index contributed by atoms with van der Waals surface area (Å²) in [6.45, 7) is 1.96. The summed E-state index contributed by atoms with van der Waals surface area (Å²) in [6, 6.07) is 3.40. The molecule has 5 heteroatoms. The van der Waals surface area contributed by atoms with E-state index < -0.39 is 6.04 Å². The third kappa shape index (κ3) is 2.34. The second-order valence-corrected chi connectivity index (χ2v) is 4.22. The molecule has 0 spiro atoms. The van der Waals surface area contributed by atoms with E-state index in [1.807, 2.05) is 19.1 Å². The predicted molar refractivity (Wildman–Crippen MR) is 62.0 cm³/mol. The van der Waals surface area contributed by atoms with E-state index in [2.05, 4.69) is 10.3 Å². The van der Waals surface area contributed by atoms with Crippen LogP contribution in [0.5, 0.6) is 0 Å². The fraction of sp³-hybridized carbons (Fsp3) is 0.417. The van der Waals surface area contributed by atoms with Crippen molar-refractivity contribution in [2.45, 2.75) is 25.4 Å². The Morgan fingerprint density at radius 3 is 2.59 bits per heavy atom. The van der Waals surface area contributed by atoms with Crippen molar-refractivity contribution in [3.05, 3.63) is 30.1 Å². The van der Waals surface area contributed by atoms with E-state index in [4.69, 9.17) is 0 Å². The van der Waals surface area contributed by atoms with Gasteiger partial charge in [0.05, 0.1) is 12.5 Å². The second-order valence-electron chi connectivity index (χ2n) is 4.22. The number of hydrogen-bond donors (Lipinski definition) is 1. The van der Waals surface area contributed by atoms with Gasteiger partial charge >= 0.3 is 0 Å². The van der Waals surface area contributed by atoms with Gasteiger partial charge in [0.25, 0.3) is 0 Å². The molecule has 1 aliphatic rings. The number of nitrogens with one attached hydrogen (secondary N) is 1. The lowest BCUT2D eigenvalue weighted by molar-refractivity contribution is -0.137. The Hall–Kier alpha value is -1.75. The minimum Gasteiger partial charge on any atom is -0.299 e. The zero-order valence-corrected chi connectivity index (χ0v) is 9.88. The smallest absolute Gasteiger partial charge is 0.246 e. The van der Waals surface area contributed by atoms with Crippen LogP contribution in [-0.2, 0) is 9.59 Å². The fourth-order valence-corrected chi connectivity index (χ4v) is 1.94. The van der Waals surface area contributed by atoms with Crippen LogP contribution in [0.3, 0.4) is 0 Å². The number of carbonyl (C=O) groups is 2. The van der Waals surface area contributed by atoms with Gasteiger partial charge in [0, 0.05) is 25.5 Å². The molecular weight excluding hydrogens is 218 g/mol. The van der Waals surface area contributed by atoms with Gasteiger partial charge < -0.3 is 0 Å². The molecule has 1 N–H and O–H groups in total. The van der Waals surface area contributed by atoms with Crippen LogP contribution in [0.1, 0.15) is 24.9 Å². The molecule has 1 aromatic heterocycles. The number of rotatable bonds is 3. The number of imide groups is 1. The first-order valence-corrected chi connectivity index (χ1v) is 5.56. The van der Waals surface area contributed by atoms with E-state index in [0.29, 0.717) is 0 Å². The van der Waals surface area contributed by atoms with Gasteiger partial charge in [0.1, 0.15) is 0 Å². The summed E-state index contributed by atoms with van der Waals surface area (Å²) in [5, 5.41) is 3.17. The quantitative estimate of drug-likeness (QED) is 0.772. The molecule has 1 aromatic rings. The van der Waals surface area contributed by atoms with Crippen LogP contribution < -0.4 is 5.32 Å². The first-order chi connectivity index (χ1) is 8.09. The Morgan fingerprint density at radius 1 is 1.41 bits per heavy atom. The number of pyridine rings is 1. The topological polar surface area (TPSA) is 62.3 Å². The van der Waals surface area contributed by atoms with Crippen LogP contribution >= 0.6 is 0 Å². The maximum atomic E-state index is 11.7. The molecule has 1 fully saturated rings. The van der Waals surface area contributed by atoms with Gasteiger partial charge in [0.15, 0.2) is 0 Å². The highest BCUT2D eigenvalue weighted by molar-refractivity contribution is 6.05. The molecule has 1 saturated heterocycles. The lowest BCUT2D eigenvalue weighted by Crippen LogP contribution is -2.38. The van der Waals surface area contributed by atoms with Crippen molar-refractivity contribution in [3.8, 4) is 0 Å². The molecule has 0 aliphatic carbocycles. The number of hydrogen-bond acceptors (Lipinski definition) is 4. The number of nitrogens with zero attached hydrogens (tertiary/aromatic N) is 2. The molecule has 0 bridgehead atoms. The zero-order valence-electron chi connectivity index (χ0n) is 9.88. The summed E-state index contributed by atoms with van der Waals surface area (Å²) < 4.78 is 0. The SMILES string of the molecule is C[C@@H](NC1CC(=O)N(C)C1=O)c1ccncc1. The highest BCUT2D eigenvalue weighted by atomic mass is 16.2. The summed E-state index contributed by atoms with van der Waals surface area (Å²) in [7, 11) is 1.52. The molecule has 0 aromatic carbocycles. The van der Waals surface area contributed by atoms with Crippen LogP contribution in [0.2, 0.25) is 0 Å². The van der Waals surface area contributed by atoms with Crippen molar-refractivity contribution in [1.29, 1.82) is 0 Å². The van der Waals surface area contributed by atoms with Gasteiger partial charge in [0.2, 0.25) is 11.8 Å². The number of likely N-dealkylation sites (tertiary alicyclic amines) is 1. The standard InChI is InChI=1S/C12H15N3O2/c1-8(9-3-5-13-6-4-9)14-10-7-11(16)15(2)12(10)17/h3-6,8,10,14H,7H2,1-2H3/t8-,10?/m1/s1. The molecule has 2 amide bonds. The van der Waals surface area contributed by atoms with Crippen molar-refractivity contribution in [2.75, 3.05) is 7.05 Å². The highest BCUT2D eigenvalue weighted by Gasteiger charge is 2.36. The molecular formula is C12H15N3O2. The van der Waals surface area contributed by atoms with Gasteiger partial charge in [-0.3, -0.25) is 24.8 Å². The second kappa shape index (κ2) is 4.63. The van der Waals surface area contributed by atoms with E-state index in [9.17, 15) is 9.59 Å². The summed E-state index contributed by atoms with van der Waals surface area (Å²) >= 11 is 0. The molecule has 1 unspecified atom stereocenters. The normalized spacial score (nSPS) is 22.0. The molecule has 1 aliphatic heterocycles. The molecule has 2 heterocycles. The lowest BCUT2D eigenvalue weighted by Gasteiger charge is -2.17. The minimum atomic E-state index is -0.407. The Kier molecular flexibility index (Phi) is 3.19. The van der Waals surface area contributed by atoms with E-state index >= 15 is 0 Å². The third-order valence-corrected chi connectivity index (χ3v) is 3.04. The van der Waals surface area contributed by atoms with E-state index in [1.165, 1.54) is 11.9 Å². The summed E-state index contributed by atoms with van der Waals surface area (Å²) in [5.74, 6) is -0.287. The van der Waals surface area contributed by atoms with E-state index in [0.717, 1.165) is 5.56 Å². The first kappa shape index (κ1) is 11.7. The van der Waals surface area contributed by atoms with Crippen LogP contribution in [0.15, 0.2) is 24.5 Å². The molecule has 90 valence electrons. The van der Waals surface area contributed by atoms with Crippen LogP contribution in [0.25, 0.3) is 0 Å². The third-order valence-electron chi connectivity index (χ3n) is 3.04.